The average Bonchev–Trinajstić information content (AvgIpc) is 2.96. The largest absolute Gasteiger partial charge is 0.381 e. The lowest BCUT2D eigenvalue weighted by molar-refractivity contribution is -0.0885. The Labute approximate surface area is 196 Å². The van der Waals surface area contributed by atoms with Crippen molar-refractivity contribution in [1.82, 2.24) is 0 Å². The maximum Gasteiger partial charge on any atom is 0.332 e. The minimum Gasteiger partial charge on any atom is -0.381 e. The molecule has 3 aromatic carbocycles. The highest BCUT2D eigenvalue weighted by Gasteiger charge is 2.62. The molecule has 0 spiro atoms. The van der Waals surface area contributed by atoms with E-state index in [0.717, 1.165) is 5.56 Å². The van der Waals surface area contributed by atoms with Crippen molar-refractivity contribution in [3.8, 4) is 0 Å². The molecule has 7 heteroatoms. The maximum absolute atomic E-state index is 14.0. The van der Waals surface area contributed by atoms with Crippen LogP contribution in [0, 0.1) is 12.8 Å². The van der Waals surface area contributed by atoms with Crippen molar-refractivity contribution in [2.24, 2.45) is 5.92 Å². The zero-order valence-electron chi connectivity index (χ0n) is 17.4. The van der Waals surface area contributed by atoms with Crippen LogP contribution >= 0.6 is 23.2 Å². The van der Waals surface area contributed by atoms with Crippen LogP contribution in [-0.2, 0) is 10.5 Å². The van der Waals surface area contributed by atoms with Crippen molar-refractivity contribution in [1.29, 1.82) is 0 Å². The molecule has 2 aliphatic heterocycles. The molecular weight excluding hydrogens is 447 g/mol. The normalized spacial score (nSPS) is 23.5. The molecule has 0 radical (unpaired) electrons. The molecule has 164 valence electrons. The summed E-state index contributed by atoms with van der Waals surface area (Å²) in [5.74, 6) is -0.0440. The van der Waals surface area contributed by atoms with E-state index < -0.39 is 11.8 Å². The quantitative estimate of drug-likeness (QED) is 0.541. The van der Waals surface area contributed by atoms with Gasteiger partial charge in [-0.3, -0.25) is 9.80 Å². The van der Waals surface area contributed by atoms with Crippen LogP contribution < -0.4 is 9.80 Å². The van der Waals surface area contributed by atoms with E-state index in [1.807, 2.05) is 31.2 Å². The smallest absolute Gasteiger partial charge is 0.332 e. The number of hydrogen-bond donors (Lipinski definition) is 1. The molecule has 2 aliphatic rings. The Bertz CT molecular complexity index is 1150. The lowest BCUT2D eigenvalue weighted by Gasteiger charge is -2.43. The molecule has 1 unspecified atom stereocenters. The number of benzene rings is 3. The summed E-state index contributed by atoms with van der Waals surface area (Å²) in [5.41, 5.74) is 1.25. The Morgan fingerprint density at radius 2 is 1.53 bits per heavy atom. The number of anilines is 2. The van der Waals surface area contributed by atoms with Gasteiger partial charge in [-0.25, -0.2) is 4.79 Å². The van der Waals surface area contributed by atoms with E-state index in [2.05, 4.69) is 0 Å². The molecule has 2 heterocycles. The number of hydrogen-bond acceptors (Lipinski definition) is 3. The lowest BCUT2D eigenvalue weighted by atomic mass is 9.83. The summed E-state index contributed by atoms with van der Waals surface area (Å²) in [6, 6.07) is 20.8. The van der Waals surface area contributed by atoms with Gasteiger partial charge in [-0.1, -0.05) is 53.0 Å². The number of halogens is 2. The fourth-order valence-corrected chi connectivity index (χ4v) is 4.86. The van der Waals surface area contributed by atoms with Gasteiger partial charge in [0.15, 0.2) is 5.72 Å². The van der Waals surface area contributed by atoms with Crippen molar-refractivity contribution in [3.05, 3.63) is 94.0 Å². The van der Waals surface area contributed by atoms with Crippen molar-refractivity contribution in [2.45, 2.75) is 18.7 Å². The average molecular weight is 469 g/mol. The minimum atomic E-state index is -1.62. The second-order valence-electron chi connectivity index (χ2n) is 8.28. The molecular formula is C25H22Cl2N2O3. The SMILES string of the molecule is Cc1cccc(C2(O)[C@H](C3COC3)N(c3ccc(Cl)cc3)C(=O)N2c2ccc(Cl)cc2)c1. The zero-order valence-corrected chi connectivity index (χ0v) is 18.9. The highest BCUT2D eigenvalue weighted by atomic mass is 35.5. The Hall–Kier alpha value is -2.57. The lowest BCUT2D eigenvalue weighted by Crippen LogP contribution is -2.57. The molecule has 2 fully saturated rings. The van der Waals surface area contributed by atoms with Gasteiger partial charge in [0.1, 0.15) is 0 Å². The van der Waals surface area contributed by atoms with Gasteiger partial charge < -0.3 is 9.84 Å². The molecule has 5 nitrogen and oxygen atoms in total. The number of ether oxygens (including phenoxy) is 1. The van der Waals surface area contributed by atoms with Gasteiger partial charge in [0, 0.05) is 32.9 Å². The predicted molar refractivity (Wildman–Crippen MR) is 126 cm³/mol. The Balaban J connectivity index is 1.74. The fourth-order valence-electron chi connectivity index (χ4n) is 4.60. The van der Waals surface area contributed by atoms with E-state index in [-0.39, 0.29) is 11.9 Å². The molecule has 0 bridgehead atoms. The number of amides is 2. The molecule has 5 rings (SSSR count). The molecule has 2 atom stereocenters. The number of carbonyl (C=O) groups is 1. The van der Waals surface area contributed by atoms with Gasteiger partial charge in [0.05, 0.1) is 19.3 Å². The van der Waals surface area contributed by atoms with Gasteiger partial charge in [-0.2, -0.15) is 0 Å². The van der Waals surface area contributed by atoms with Crippen molar-refractivity contribution < 1.29 is 14.6 Å². The third-order valence-electron chi connectivity index (χ3n) is 6.17. The first-order valence-corrected chi connectivity index (χ1v) is 11.2. The number of aryl methyl sites for hydroxylation is 1. The topological polar surface area (TPSA) is 53.0 Å². The summed E-state index contributed by atoms with van der Waals surface area (Å²) >= 11 is 12.2. The van der Waals surface area contributed by atoms with E-state index in [1.165, 1.54) is 4.90 Å². The molecule has 0 aromatic heterocycles. The van der Waals surface area contributed by atoms with Gasteiger partial charge in [0.25, 0.3) is 0 Å². The van der Waals surface area contributed by atoms with Gasteiger partial charge in [0.2, 0.25) is 0 Å². The fraction of sp³-hybridized carbons (Fsp3) is 0.240. The van der Waals surface area contributed by atoms with Gasteiger partial charge in [-0.05, 0) is 55.5 Å². The van der Waals surface area contributed by atoms with E-state index in [9.17, 15) is 9.90 Å². The van der Waals surface area contributed by atoms with Crippen LogP contribution in [0.4, 0.5) is 16.2 Å². The van der Waals surface area contributed by atoms with E-state index in [1.54, 1.807) is 53.4 Å². The molecule has 2 saturated heterocycles. The second-order valence-corrected chi connectivity index (χ2v) is 9.15. The van der Waals surface area contributed by atoms with Crippen LogP contribution in [-0.4, -0.2) is 30.4 Å². The van der Waals surface area contributed by atoms with Crippen LogP contribution in [0.2, 0.25) is 10.0 Å². The third-order valence-corrected chi connectivity index (χ3v) is 6.68. The minimum absolute atomic E-state index is 0.0440. The van der Waals surface area contributed by atoms with Crippen molar-refractivity contribution in [3.63, 3.8) is 0 Å². The molecule has 0 saturated carbocycles. The Morgan fingerprint density at radius 3 is 2.06 bits per heavy atom. The second kappa shape index (κ2) is 8.09. The number of carbonyl (C=O) groups excluding carboxylic acids is 1. The molecule has 2 amide bonds. The first kappa shape index (κ1) is 21.3. The number of nitrogens with zero attached hydrogens (tertiary/aromatic N) is 2. The Kier molecular flexibility index (Phi) is 5.38. The summed E-state index contributed by atoms with van der Waals surface area (Å²) in [6.45, 7) is 2.89. The van der Waals surface area contributed by atoms with Crippen LogP contribution in [0.5, 0.6) is 0 Å². The third kappa shape index (κ3) is 3.37. The summed E-state index contributed by atoms with van der Waals surface area (Å²) in [6.07, 6.45) is 0. The molecule has 3 aromatic rings. The van der Waals surface area contributed by atoms with Crippen LogP contribution in [0.15, 0.2) is 72.8 Å². The van der Waals surface area contributed by atoms with Crippen molar-refractivity contribution >= 4 is 40.6 Å². The first-order valence-electron chi connectivity index (χ1n) is 10.4. The summed E-state index contributed by atoms with van der Waals surface area (Å²) < 4.78 is 5.49. The van der Waals surface area contributed by atoms with E-state index in [4.69, 9.17) is 27.9 Å². The van der Waals surface area contributed by atoms with E-state index in [0.29, 0.717) is 40.2 Å². The van der Waals surface area contributed by atoms with Crippen molar-refractivity contribution in [2.75, 3.05) is 23.0 Å². The molecule has 1 N–H and O–H groups in total. The maximum atomic E-state index is 14.0. The highest BCUT2D eigenvalue weighted by Crippen LogP contribution is 2.48. The monoisotopic (exact) mass is 468 g/mol. The van der Waals surface area contributed by atoms with Crippen LogP contribution in [0.25, 0.3) is 0 Å². The molecule has 32 heavy (non-hydrogen) atoms. The van der Waals surface area contributed by atoms with E-state index >= 15 is 0 Å². The van der Waals surface area contributed by atoms with Crippen LogP contribution in [0.3, 0.4) is 0 Å². The summed E-state index contributed by atoms with van der Waals surface area (Å²) in [5, 5.41) is 13.6. The Morgan fingerprint density at radius 1 is 0.938 bits per heavy atom. The van der Waals surface area contributed by atoms with Crippen LogP contribution in [0.1, 0.15) is 11.1 Å². The standard InChI is InChI=1S/C25H22Cl2N2O3/c1-16-3-2-4-18(13-16)25(31)23(17-14-32-15-17)28(21-9-5-19(26)6-10-21)24(30)29(25)22-11-7-20(27)8-12-22/h2-13,17,23,31H,14-15H2,1H3/t23-,25?/m0/s1. The van der Waals surface area contributed by atoms with Gasteiger partial charge in [-0.15, -0.1) is 0 Å². The molecule has 0 aliphatic carbocycles. The van der Waals surface area contributed by atoms with Gasteiger partial charge >= 0.3 is 6.03 Å². The predicted octanol–water partition coefficient (Wildman–Crippen LogP) is 5.61. The number of urea groups is 1. The highest BCUT2D eigenvalue weighted by molar-refractivity contribution is 6.31. The number of aliphatic hydroxyl groups is 1. The summed E-state index contributed by atoms with van der Waals surface area (Å²) in [7, 11) is 0. The first-order chi connectivity index (χ1) is 15.4. The zero-order chi connectivity index (χ0) is 22.5. The number of rotatable bonds is 4. The summed E-state index contributed by atoms with van der Waals surface area (Å²) in [4.78, 5) is 17.1.